The number of carbonyl (C=O) groups is 2. The summed E-state index contributed by atoms with van der Waals surface area (Å²) in [6, 6.07) is 0. The van der Waals surface area contributed by atoms with Crippen LogP contribution in [-0.4, -0.2) is 45.9 Å². The van der Waals surface area contributed by atoms with E-state index in [0.717, 1.165) is 5.69 Å². The third-order valence-electron chi connectivity index (χ3n) is 2.57. The van der Waals surface area contributed by atoms with Crippen molar-refractivity contribution >= 4 is 12.1 Å². The predicted octanol–water partition coefficient (Wildman–Crippen LogP) is 0.232. The van der Waals surface area contributed by atoms with Gasteiger partial charge in [-0.3, -0.25) is 5.10 Å². The van der Waals surface area contributed by atoms with Crippen molar-refractivity contribution in [3.63, 3.8) is 0 Å². The quantitative estimate of drug-likeness (QED) is 0.713. The fraction of sp³-hybridized carbons (Fsp3) is 0.444. The number of H-pyrrole nitrogens is 1. The standard InChI is InChI=1S/C9H11N3O4/c1-16-9(15)12-3-2-6-5(4-12)7(8(13)14)11-10-6/h2-4H2,1H3,(H,10,11)(H,13,14). The molecule has 2 rings (SSSR count). The summed E-state index contributed by atoms with van der Waals surface area (Å²) in [6.07, 6.45) is 0.105. The van der Waals surface area contributed by atoms with Gasteiger partial charge in [-0.05, 0) is 0 Å². The molecule has 0 bridgehead atoms. The molecule has 7 heteroatoms. The number of carboxylic acid groups (broad SMARTS) is 1. The number of ether oxygens (including phenoxy) is 1. The Labute approximate surface area is 91.0 Å². The van der Waals surface area contributed by atoms with Gasteiger partial charge in [-0.1, -0.05) is 0 Å². The molecule has 1 aromatic rings. The minimum atomic E-state index is -1.09. The van der Waals surface area contributed by atoms with Gasteiger partial charge in [-0.15, -0.1) is 0 Å². The summed E-state index contributed by atoms with van der Waals surface area (Å²) in [5.74, 6) is -1.09. The van der Waals surface area contributed by atoms with Crippen molar-refractivity contribution in [3.8, 4) is 0 Å². The molecule has 1 aromatic heterocycles. The lowest BCUT2D eigenvalue weighted by atomic mass is 10.1. The molecule has 0 spiro atoms. The van der Waals surface area contributed by atoms with Crippen LogP contribution in [0, 0.1) is 0 Å². The van der Waals surface area contributed by atoms with Crippen molar-refractivity contribution < 1.29 is 19.4 Å². The van der Waals surface area contributed by atoms with Gasteiger partial charge in [0.25, 0.3) is 0 Å². The van der Waals surface area contributed by atoms with Crippen molar-refractivity contribution in [2.24, 2.45) is 0 Å². The SMILES string of the molecule is COC(=O)N1CCc2[nH]nc(C(=O)O)c2C1. The molecular weight excluding hydrogens is 214 g/mol. The van der Waals surface area contributed by atoms with Crippen molar-refractivity contribution in [1.82, 2.24) is 15.1 Å². The van der Waals surface area contributed by atoms with Gasteiger partial charge in [0.1, 0.15) is 0 Å². The fourth-order valence-corrected chi connectivity index (χ4v) is 1.76. The number of rotatable bonds is 1. The molecule has 0 saturated carbocycles. The zero-order valence-electron chi connectivity index (χ0n) is 8.69. The summed E-state index contributed by atoms with van der Waals surface area (Å²) in [5, 5.41) is 15.3. The highest BCUT2D eigenvalue weighted by Crippen LogP contribution is 2.20. The summed E-state index contributed by atoms with van der Waals surface area (Å²) in [7, 11) is 1.30. The molecular formula is C9H11N3O4. The molecule has 0 saturated heterocycles. The molecule has 0 unspecified atom stereocenters. The first-order valence-corrected chi connectivity index (χ1v) is 4.75. The Bertz CT molecular complexity index is 440. The highest BCUT2D eigenvalue weighted by molar-refractivity contribution is 5.87. The number of nitrogens with one attached hydrogen (secondary N) is 1. The highest BCUT2D eigenvalue weighted by Gasteiger charge is 2.27. The van der Waals surface area contributed by atoms with Crippen molar-refractivity contribution in [3.05, 3.63) is 17.0 Å². The van der Waals surface area contributed by atoms with Crippen molar-refractivity contribution in [1.29, 1.82) is 0 Å². The second kappa shape index (κ2) is 3.84. The number of aromatic nitrogens is 2. The molecule has 0 atom stereocenters. The van der Waals surface area contributed by atoms with E-state index in [1.807, 2.05) is 0 Å². The van der Waals surface area contributed by atoms with Gasteiger partial charge in [0, 0.05) is 24.2 Å². The number of aromatic amines is 1. The highest BCUT2D eigenvalue weighted by atomic mass is 16.5. The summed E-state index contributed by atoms with van der Waals surface area (Å²) in [4.78, 5) is 23.6. The first-order chi connectivity index (χ1) is 7.63. The van der Waals surface area contributed by atoms with Crippen LogP contribution in [0.25, 0.3) is 0 Å². The monoisotopic (exact) mass is 225 g/mol. The Morgan fingerprint density at radius 2 is 2.31 bits per heavy atom. The number of carbonyl (C=O) groups excluding carboxylic acids is 1. The molecule has 0 fully saturated rings. The Morgan fingerprint density at radius 1 is 1.56 bits per heavy atom. The molecule has 0 radical (unpaired) electrons. The van der Waals surface area contributed by atoms with E-state index in [1.165, 1.54) is 12.0 Å². The number of amides is 1. The van der Waals surface area contributed by atoms with Gasteiger partial charge < -0.3 is 14.7 Å². The van der Waals surface area contributed by atoms with Crippen LogP contribution in [0.2, 0.25) is 0 Å². The van der Waals surface area contributed by atoms with Crippen LogP contribution in [0.4, 0.5) is 4.79 Å². The Kier molecular flexibility index (Phi) is 2.51. The normalized spacial score (nSPS) is 14.4. The van der Waals surface area contributed by atoms with Crippen LogP contribution in [0.15, 0.2) is 0 Å². The maximum absolute atomic E-state index is 11.3. The molecule has 1 aliphatic heterocycles. The van der Waals surface area contributed by atoms with Gasteiger partial charge in [0.05, 0.1) is 13.7 Å². The van der Waals surface area contributed by atoms with Crippen LogP contribution >= 0.6 is 0 Å². The van der Waals surface area contributed by atoms with Crippen molar-refractivity contribution in [2.75, 3.05) is 13.7 Å². The molecule has 2 N–H and O–H groups in total. The molecule has 0 aliphatic carbocycles. The molecule has 86 valence electrons. The van der Waals surface area contributed by atoms with E-state index < -0.39 is 12.1 Å². The fourth-order valence-electron chi connectivity index (χ4n) is 1.76. The van der Waals surface area contributed by atoms with E-state index in [1.54, 1.807) is 0 Å². The lowest BCUT2D eigenvalue weighted by Crippen LogP contribution is -2.36. The minimum absolute atomic E-state index is 0.0244. The van der Waals surface area contributed by atoms with Crippen LogP contribution in [0.1, 0.15) is 21.7 Å². The van der Waals surface area contributed by atoms with E-state index in [-0.39, 0.29) is 12.2 Å². The Balaban J connectivity index is 2.27. The number of aromatic carboxylic acids is 1. The predicted molar refractivity (Wildman–Crippen MR) is 52.1 cm³/mol. The van der Waals surface area contributed by atoms with Gasteiger partial charge in [-0.2, -0.15) is 5.10 Å². The minimum Gasteiger partial charge on any atom is -0.476 e. The zero-order valence-corrected chi connectivity index (χ0v) is 8.69. The number of hydrogen-bond donors (Lipinski definition) is 2. The van der Waals surface area contributed by atoms with Crippen molar-refractivity contribution in [2.45, 2.75) is 13.0 Å². The van der Waals surface area contributed by atoms with E-state index in [0.29, 0.717) is 18.5 Å². The maximum Gasteiger partial charge on any atom is 0.409 e. The number of nitrogens with zero attached hydrogens (tertiary/aromatic N) is 2. The largest absolute Gasteiger partial charge is 0.476 e. The first-order valence-electron chi connectivity index (χ1n) is 4.75. The average Bonchev–Trinajstić information content (AvgIpc) is 2.70. The lowest BCUT2D eigenvalue weighted by Gasteiger charge is -2.25. The molecule has 1 amide bonds. The van der Waals surface area contributed by atoms with E-state index >= 15 is 0 Å². The van der Waals surface area contributed by atoms with Gasteiger partial charge in [-0.25, -0.2) is 9.59 Å². The molecule has 2 heterocycles. The number of methoxy groups -OCH3 is 1. The molecule has 1 aliphatic rings. The summed E-state index contributed by atoms with van der Waals surface area (Å²) in [6.45, 7) is 0.723. The van der Waals surface area contributed by atoms with E-state index in [2.05, 4.69) is 14.9 Å². The summed E-state index contributed by atoms with van der Waals surface area (Å²) < 4.78 is 4.59. The number of hydrogen-bond acceptors (Lipinski definition) is 4. The first kappa shape index (κ1) is 10.5. The number of fused-ring (bicyclic) bond motifs is 1. The second-order valence-corrected chi connectivity index (χ2v) is 3.48. The smallest absolute Gasteiger partial charge is 0.409 e. The molecule has 16 heavy (non-hydrogen) atoms. The maximum atomic E-state index is 11.3. The van der Waals surface area contributed by atoms with E-state index in [4.69, 9.17) is 5.11 Å². The topological polar surface area (TPSA) is 95.5 Å². The summed E-state index contributed by atoms with van der Waals surface area (Å²) >= 11 is 0. The molecule has 7 nitrogen and oxygen atoms in total. The third-order valence-corrected chi connectivity index (χ3v) is 2.57. The Hall–Kier alpha value is -2.05. The third kappa shape index (κ3) is 1.60. The lowest BCUT2D eigenvalue weighted by molar-refractivity contribution is 0.0686. The zero-order chi connectivity index (χ0) is 11.7. The average molecular weight is 225 g/mol. The number of carboxylic acids is 1. The van der Waals surface area contributed by atoms with Gasteiger partial charge >= 0.3 is 12.1 Å². The van der Waals surface area contributed by atoms with E-state index in [9.17, 15) is 9.59 Å². The summed E-state index contributed by atoms with van der Waals surface area (Å²) in [5.41, 5.74) is 1.31. The van der Waals surface area contributed by atoms with Crippen LogP contribution in [0.5, 0.6) is 0 Å². The van der Waals surface area contributed by atoms with Crippen LogP contribution in [-0.2, 0) is 17.7 Å². The van der Waals surface area contributed by atoms with Crippen LogP contribution in [0.3, 0.4) is 0 Å². The van der Waals surface area contributed by atoms with Gasteiger partial charge in [0.15, 0.2) is 5.69 Å². The van der Waals surface area contributed by atoms with Gasteiger partial charge in [0.2, 0.25) is 0 Å². The molecule has 0 aromatic carbocycles. The Morgan fingerprint density at radius 3 is 2.94 bits per heavy atom. The van der Waals surface area contributed by atoms with Crippen LogP contribution < -0.4 is 0 Å². The second-order valence-electron chi connectivity index (χ2n) is 3.48.